The zero-order valence-electron chi connectivity index (χ0n) is 28.8. The van der Waals surface area contributed by atoms with Crippen molar-refractivity contribution in [2.24, 2.45) is 0 Å². The molecule has 0 bridgehead atoms. The molecule has 2 N–H and O–H groups in total. The summed E-state index contributed by atoms with van der Waals surface area (Å²) < 4.78 is 22.9. The van der Waals surface area contributed by atoms with Gasteiger partial charge in [-0.2, -0.15) is 0 Å². The van der Waals surface area contributed by atoms with Gasteiger partial charge in [-0.05, 0) is 44.9 Å². The summed E-state index contributed by atoms with van der Waals surface area (Å²) in [4.78, 5) is 24.9. The maximum absolute atomic E-state index is 12.6. The molecule has 0 aliphatic carbocycles. The summed E-state index contributed by atoms with van der Waals surface area (Å²) in [6.07, 6.45) is 35.6. The van der Waals surface area contributed by atoms with Crippen LogP contribution in [0.2, 0.25) is 0 Å². The smallest absolute Gasteiger partial charge is 0.268 e. The van der Waals surface area contributed by atoms with E-state index >= 15 is 0 Å². The number of aliphatic hydroxyl groups is 1. The van der Waals surface area contributed by atoms with E-state index in [1.54, 1.807) is 12.2 Å². The minimum Gasteiger partial charge on any atom is -0.756 e. The van der Waals surface area contributed by atoms with Crippen LogP contribution in [0.25, 0.3) is 0 Å². The van der Waals surface area contributed by atoms with Crippen LogP contribution in [0.5, 0.6) is 0 Å². The van der Waals surface area contributed by atoms with Crippen molar-refractivity contribution in [3.63, 3.8) is 0 Å². The van der Waals surface area contributed by atoms with E-state index in [0.29, 0.717) is 17.4 Å². The van der Waals surface area contributed by atoms with Gasteiger partial charge < -0.3 is 28.8 Å². The predicted octanol–water partition coefficient (Wildman–Crippen LogP) is 7.49. The quantitative estimate of drug-likeness (QED) is 0.0393. The third-order valence-corrected chi connectivity index (χ3v) is 7.67. The van der Waals surface area contributed by atoms with E-state index in [2.05, 4.69) is 61.7 Å². The van der Waals surface area contributed by atoms with Crippen LogP contribution >= 0.6 is 7.82 Å². The summed E-state index contributed by atoms with van der Waals surface area (Å²) in [7, 11) is 1.18. The summed E-state index contributed by atoms with van der Waals surface area (Å²) >= 11 is 0. The molecule has 0 fully saturated rings. The summed E-state index contributed by atoms with van der Waals surface area (Å²) in [5.74, 6) is -0.333. The first-order chi connectivity index (χ1) is 21.5. The first-order valence-corrected chi connectivity index (χ1v) is 18.3. The van der Waals surface area contributed by atoms with Crippen LogP contribution in [0.15, 0.2) is 72.9 Å². The SMILES string of the molecule is CC/C=C\C/C=C\C/C=C\C/C=C\C/C=C\CC(=O)NC(COP(=O)([O-])OCC[N+](C)(C)C)C(O)/C=C/CCCCCCCC. The highest BCUT2D eigenvalue weighted by molar-refractivity contribution is 7.45. The number of unbranched alkanes of at least 4 members (excludes halogenated alkanes) is 6. The lowest BCUT2D eigenvalue weighted by molar-refractivity contribution is -0.870. The first kappa shape index (κ1) is 42.9. The van der Waals surface area contributed by atoms with Crippen molar-refractivity contribution >= 4 is 13.7 Å². The Bertz CT molecular complexity index is 965. The van der Waals surface area contributed by atoms with Gasteiger partial charge in [-0.15, -0.1) is 0 Å². The van der Waals surface area contributed by atoms with E-state index in [1.165, 1.54) is 25.7 Å². The number of carbonyl (C=O) groups is 1. The molecule has 0 radical (unpaired) electrons. The number of carbonyl (C=O) groups excluding carboxylic acids is 1. The average molecular weight is 651 g/mol. The van der Waals surface area contributed by atoms with Gasteiger partial charge in [-0.3, -0.25) is 9.36 Å². The van der Waals surface area contributed by atoms with Crippen molar-refractivity contribution in [3.8, 4) is 0 Å². The molecule has 0 aliphatic heterocycles. The number of rotatable bonds is 28. The molecule has 0 aromatic carbocycles. The number of quaternary nitrogens is 1. The monoisotopic (exact) mass is 650 g/mol. The van der Waals surface area contributed by atoms with Crippen LogP contribution in [0.3, 0.4) is 0 Å². The minimum absolute atomic E-state index is 0.0217. The largest absolute Gasteiger partial charge is 0.756 e. The van der Waals surface area contributed by atoms with E-state index in [1.807, 2.05) is 39.4 Å². The number of amides is 1. The lowest BCUT2D eigenvalue weighted by Crippen LogP contribution is -2.45. The molecule has 0 aromatic rings. The lowest BCUT2D eigenvalue weighted by atomic mass is 10.1. The normalized spacial score (nSPS) is 15.8. The molecule has 8 nitrogen and oxygen atoms in total. The van der Waals surface area contributed by atoms with Crippen molar-refractivity contribution in [3.05, 3.63) is 72.9 Å². The molecule has 0 rings (SSSR count). The van der Waals surface area contributed by atoms with Crippen LogP contribution in [0, 0.1) is 0 Å². The molecule has 45 heavy (non-hydrogen) atoms. The second kappa shape index (κ2) is 28.2. The molecule has 258 valence electrons. The van der Waals surface area contributed by atoms with Crippen molar-refractivity contribution in [1.82, 2.24) is 5.32 Å². The summed E-state index contributed by atoms with van der Waals surface area (Å²) in [5, 5.41) is 13.5. The first-order valence-electron chi connectivity index (χ1n) is 16.8. The van der Waals surface area contributed by atoms with Gasteiger partial charge in [0.05, 0.1) is 39.9 Å². The Morgan fingerprint density at radius 2 is 1.33 bits per heavy atom. The maximum Gasteiger partial charge on any atom is 0.268 e. The topological polar surface area (TPSA) is 108 Å². The number of aliphatic hydroxyl groups excluding tert-OH is 1. The molecule has 0 aromatic heterocycles. The number of phosphoric acid groups is 1. The van der Waals surface area contributed by atoms with Gasteiger partial charge in [0.15, 0.2) is 0 Å². The average Bonchev–Trinajstić information content (AvgIpc) is 2.97. The highest BCUT2D eigenvalue weighted by Crippen LogP contribution is 2.38. The van der Waals surface area contributed by atoms with Crippen molar-refractivity contribution in [2.75, 3.05) is 40.9 Å². The number of hydrogen-bond donors (Lipinski definition) is 2. The minimum atomic E-state index is -4.60. The van der Waals surface area contributed by atoms with Crippen molar-refractivity contribution in [2.45, 2.75) is 109 Å². The van der Waals surface area contributed by atoms with Gasteiger partial charge in [0.1, 0.15) is 13.2 Å². The summed E-state index contributed by atoms with van der Waals surface area (Å²) in [6, 6.07) is -0.940. The molecule has 0 spiro atoms. The second-order valence-corrected chi connectivity index (χ2v) is 13.6. The number of nitrogens with one attached hydrogen (secondary N) is 1. The van der Waals surface area contributed by atoms with Crippen molar-refractivity contribution < 1.29 is 32.9 Å². The van der Waals surface area contributed by atoms with Gasteiger partial charge in [-0.25, -0.2) is 0 Å². The van der Waals surface area contributed by atoms with Crippen LogP contribution < -0.4 is 10.2 Å². The Hall–Kier alpha value is -2.06. The van der Waals surface area contributed by atoms with Gasteiger partial charge in [0.25, 0.3) is 7.82 Å². The predicted molar refractivity (Wildman–Crippen MR) is 187 cm³/mol. The van der Waals surface area contributed by atoms with Gasteiger partial charge >= 0.3 is 0 Å². The molecular weight excluding hydrogens is 587 g/mol. The Labute approximate surface area is 274 Å². The number of nitrogens with zero attached hydrogens (tertiary/aromatic N) is 1. The third-order valence-electron chi connectivity index (χ3n) is 6.70. The van der Waals surface area contributed by atoms with Gasteiger partial charge in [0, 0.05) is 6.42 Å². The highest BCUT2D eigenvalue weighted by atomic mass is 31.2. The zero-order valence-corrected chi connectivity index (χ0v) is 29.7. The summed E-state index contributed by atoms with van der Waals surface area (Å²) in [5.41, 5.74) is 0. The fraction of sp³-hybridized carbons (Fsp3) is 0.639. The molecule has 3 atom stereocenters. The number of likely N-dealkylation sites (N-methyl/N-ethyl adjacent to an activating group) is 1. The van der Waals surface area contributed by atoms with Crippen LogP contribution in [-0.4, -0.2) is 68.5 Å². The van der Waals surface area contributed by atoms with E-state index in [0.717, 1.165) is 44.9 Å². The number of phosphoric ester groups is 1. The number of hydrogen-bond acceptors (Lipinski definition) is 6. The highest BCUT2D eigenvalue weighted by Gasteiger charge is 2.22. The fourth-order valence-corrected chi connectivity index (χ4v) is 4.70. The van der Waals surface area contributed by atoms with Crippen LogP contribution in [-0.2, 0) is 18.4 Å². The van der Waals surface area contributed by atoms with Gasteiger partial charge in [-0.1, -0.05) is 119 Å². The molecule has 9 heteroatoms. The fourth-order valence-electron chi connectivity index (χ4n) is 3.98. The van der Waals surface area contributed by atoms with E-state index < -0.39 is 26.6 Å². The third kappa shape index (κ3) is 30.4. The zero-order chi connectivity index (χ0) is 33.7. The molecule has 3 unspecified atom stereocenters. The van der Waals surface area contributed by atoms with Crippen LogP contribution in [0.1, 0.15) is 97.3 Å². The van der Waals surface area contributed by atoms with Crippen LogP contribution in [0.4, 0.5) is 0 Å². The van der Waals surface area contributed by atoms with Crippen molar-refractivity contribution in [1.29, 1.82) is 0 Å². The molecule has 1 amide bonds. The molecule has 0 heterocycles. The number of allylic oxidation sites excluding steroid dienone is 10. The van der Waals surface area contributed by atoms with Gasteiger partial charge in [0.2, 0.25) is 5.91 Å². The van der Waals surface area contributed by atoms with E-state index in [9.17, 15) is 19.4 Å². The van der Waals surface area contributed by atoms with E-state index in [-0.39, 0.29) is 18.9 Å². The Morgan fingerprint density at radius 1 is 0.800 bits per heavy atom. The molecule has 0 saturated carbocycles. The Morgan fingerprint density at radius 3 is 1.89 bits per heavy atom. The molecule has 0 saturated heterocycles. The van der Waals surface area contributed by atoms with E-state index in [4.69, 9.17) is 9.05 Å². The maximum atomic E-state index is 12.6. The molecular formula is C36H63N2O6P. The summed E-state index contributed by atoms with van der Waals surface area (Å²) in [6.45, 7) is 4.35. The Balaban J connectivity index is 4.76. The Kier molecular flexibility index (Phi) is 26.9. The lowest BCUT2D eigenvalue weighted by Gasteiger charge is -2.29. The standard InChI is InChI=1S/C36H63N2O6P/c1-6-8-10-12-14-16-17-18-19-20-21-22-24-26-28-30-36(40)37-34(33-44-45(41,42)43-32-31-38(3,4)5)35(39)29-27-25-23-15-13-11-9-7-2/h8,10,14,16,18-19,21-22,26-29,34-35,39H,6-7,9,11-13,15,17,20,23-25,30-33H2,1-5H3,(H-,37,40,41,42)/b10-8-,16-14-,19-18-,22-21-,28-26-,29-27+. The molecule has 0 aliphatic rings. The second-order valence-electron chi connectivity index (χ2n) is 12.2.